The first-order valence-corrected chi connectivity index (χ1v) is 10.4. The fraction of sp³-hybridized carbons (Fsp3) is 0.0714. The summed E-state index contributed by atoms with van der Waals surface area (Å²) in [7, 11) is 0. The normalized spacial score (nSPS) is 10.6. The molecule has 0 aliphatic rings. The molecule has 0 fully saturated rings. The van der Waals surface area contributed by atoms with Crippen LogP contribution in [0.25, 0.3) is 33.9 Å². The Hall–Kier alpha value is -4.18. The van der Waals surface area contributed by atoms with Crippen LogP contribution in [0.15, 0.2) is 98.1 Å². The van der Waals surface area contributed by atoms with Gasteiger partial charge in [-0.1, -0.05) is 48.6 Å². The first kappa shape index (κ1) is 21.1. The van der Waals surface area contributed by atoms with Gasteiger partial charge in [-0.05, 0) is 60.4 Å². The zero-order valence-electron chi connectivity index (χ0n) is 17.7. The number of aromatic nitrogens is 2. The van der Waals surface area contributed by atoms with E-state index in [0.29, 0.717) is 46.7 Å². The Labute approximate surface area is 187 Å². The van der Waals surface area contributed by atoms with Gasteiger partial charge >= 0.3 is 0 Å². The summed E-state index contributed by atoms with van der Waals surface area (Å²) >= 11 is 0. The standard InChI is InChI=1S/C28H24N2O2/c1-3-9-19-11-5-13-21(27(19)31)23-15-7-17-25(29-23)26-18-8-16-24(30-26)22-14-6-12-20(10-4-2)28(22)32/h3-8,11-18,31-32H,1-2,9-10H2. The predicted octanol–water partition coefficient (Wildman–Crippen LogP) is 6.35. The highest BCUT2D eigenvalue weighted by molar-refractivity contribution is 5.73. The van der Waals surface area contributed by atoms with E-state index in [1.807, 2.05) is 72.8 Å². The van der Waals surface area contributed by atoms with Gasteiger partial charge < -0.3 is 10.2 Å². The second kappa shape index (κ2) is 9.31. The number of phenolic OH excluding ortho intramolecular Hbond substituents is 2. The van der Waals surface area contributed by atoms with E-state index in [-0.39, 0.29) is 11.5 Å². The third-order valence-electron chi connectivity index (χ3n) is 5.28. The first-order chi connectivity index (χ1) is 15.6. The molecule has 2 N–H and O–H groups in total. The Bertz CT molecular complexity index is 1190. The van der Waals surface area contributed by atoms with E-state index in [0.717, 1.165) is 11.1 Å². The van der Waals surface area contributed by atoms with Crippen LogP contribution < -0.4 is 0 Å². The smallest absolute Gasteiger partial charge is 0.128 e. The molecule has 4 aromatic rings. The van der Waals surface area contributed by atoms with Gasteiger partial charge in [0.15, 0.2) is 0 Å². The summed E-state index contributed by atoms with van der Waals surface area (Å²) < 4.78 is 0. The number of phenols is 2. The molecule has 0 saturated heterocycles. The molecule has 0 saturated carbocycles. The predicted molar refractivity (Wildman–Crippen MR) is 129 cm³/mol. The minimum absolute atomic E-state index is 0.211. The van der Waals surface area contributed by atoms with Crippen LogP contribution in [0, 0.1) is 0 Å². The van der Waals surface area contributed by atoms with Crippen molar-refractivity contribution < 1.29 is 10.2 Å². The minimum atomic E-state index is 0.211. The maximum Gasteiger partial charge on any atom is 0.128 e. The molecule has 4 heteroatoms. The average molecular weight is 421 g/mol. The van der Waals surface area contributed by atoms with Crippen molar-refractivity contribution >= 4 is 0 Å². The second-order valence-corrected chi connectivity index (χ2v) is 7.43. The molecule has 2 aromatic heterocycles. The summed E-state index contributed by atoms with van der Waals surface area (Å²) in [6.45, 7) is 7.50. The molecule has 4 rings (SSSR count). The molecule has 2 aromatic carbocycles. The van der Waals surface area contributed by atoms with Gasteiger partial charge in [0, 0.05) is 11.1 Å². The Morgan fingerprint density at radius 3 is 1.34 bits per heavy atom. The van der Waals surface area contributed by atoms with Crippen LogP contribution >= 0.6 is 0 Å². The highest BCUT2D eigenvalue weighted by Gasteiger charge is 2.13. The first-order valence-electron chi connectivity index (χ1n) is 10.4. The molecule has 0 unspecified atom stereocenters. The lowest BCUT2D eigenvalue weighted by Gasteiger charge is -2.11. The van der Waals surface area contributed by atoms with Crippen molar-refractivity contribution in [2.75, 3.05) is 0 Å². The number of hydrogen-bond acceptors (Lipinski definition) is 4. The van der Waals surface area contributed by atoms with Crippen LogP contribution in [-0.2, 0) is 12.8 Å². The molecule has 0 amide bonds. The average Bonchev–Trinajstić information content (AvgIpc) is 2.82. The lowest BCUT2D eigenvalue weighted by molar-refractivity contribution is 0.471. The molecule has 4 nitrogen and oxygen atoms in total. The number of benzene rings is 2. The van der Waals surface area contributed by atoms with Gasteiger partial charge in [-0.15, -0.1) is 13.2 Å². The van der Waals surface area contributed by atoms with E-state index >= 15 is 0 Å². The van der Waals surface area contributed by atoms with Gasteiger partial charge in [0.2, 0.25) is 0 Å². The summed E-state index contributed by atoms with van der Waals surface area (Å²) in [5.74, 6) is 0.422. The van der Waals surface area contributed by atoms with Crippen molar-refractivity contribution in [3.05, 3.63) is 109 Å². The lowest BCUT2D eigenvalue weighted by atomic mass is 10.0. The number of hydrogen-bond donors (Lipinski definition) is 2. The molecule has 0 atom stereocenters. The van der Waals surface area contributed by atoms with Crippen LogP contribution in [0.4, 0.5) is 0 Å². The van der Waals surface area contributed by atoms with E-state index in [9.17, 15) is 10.2 Å². The number of rotatable bonds is 7. The summed E-state index contributed by atoms with van der Waals surface area (Å²) in [6.07, 6.45) is 4.68. The van der Waals surface area contributed by atoms with E-state index in [1.54, 1.807) is 12.2 Å². The highest BCUT2D eigenvalue weighted by atomic mass is 16.3. The Balaban J connectivity index is 1.75. The highest BCUT2D eigenvalue weighted by Crippen LogP contribution is 2.34. The lowest BCUT2D eigenvalue weighted by Crippen LogP contribution is -1.94. The Morgan fingerprint density at radius 1 is 0.562 bits per heavy atom. The van der Waals surface area contributed by atoms with Crippen LogP contribution in [0.2, 0.25) is 0 Å². The van der Waals surface area contributed by atoms with Crippen LogP contribution in [0.1, 0.15) is 11.1 Å². The fourth-order valence-electron chi connectivity index (χ4n) is 3.69. The van der Waals surface area contributed by atoms with Crippen molar-refractivity contribution in [2.45, 2.75) is 12.8 Å². The van der Waals surface area contributed by atoms with E-state index in [1.165, 1.54) is 0 Å². The van der Waals surface area contributed by atoms with Gasteiger partial charge in [0.05, 0.1) is 22.8 Å². The molecule has 0 aliphatic heterocycles. The summed E-state index contributed by atoms with van der Waals surface area (Å²) in [5.41, 5.74) is 5.62. The van der Waals surface area contributed by atoms with Gasteiger partial charge in [0.1, 0.15) is 11.5 Å². The van der Waals surface area contributed by atoms with Gasteiger partial charge in [-0.3, -0.25) is 0 Å². The largest absolute Gasteiger partial charge is 0.507 e. The van der Waals surface area contributed by atoms with Crippen LogP contribution in [-0.4, -0.2) is 20.2 Å². The summed E-state index contributed by atoms with van der Waals surface area (Å²) in [5, 5.41) is 21.4. The van der Waals surface area contributed by atoms with Crippen molar-refractivity contribution in [1.29, 1.82) is 0 Å². The molecule has 32 heavy (non-hydrogen) atoms. The van der Waals surface area contributed by atoms with Crippen LogP contribution in [0.3, 0.4) is 0 Å². The maximum absolute atomic E-state index is 10.7. The van der Waals surface area contributed by atoms with Gasteiger partial charge in [0.25, 0.3) is 0 Å². The van der Waals surface area contributed by atoms with E-state index in [4.69, 9.17) is 9.97 Å². The number of aromatic hydroxyl groups is 2. The molecule has 158 valence electrons. The molecular formula is C28H24N2O2. The summed E-state index contributed by atoms with van der Waals surface area (Å²) in [6, 6.07) is 22.5. The number of para-hydroxylation sites is 2. The van der Waals surface area contributed by atoms with Crippen molar-refractivity contribution in [1.82, 2.24) is 9.97 Å². The topological polar surface area (TPSA) is 66.2 Å². The van der Waals surface area contributed by atoms with Crippen molar-refractivity contribution in [2.24, 2.45) is 0 Å². The second-order valence-electron chi connectivity index (χ2n) is 7.43. The quantitative estimate of drug-likeness (QED) is 0.342. The molecule has 0 spiro atoms. The SMILES string of the molecule is C=CCc1cccc(-c2cccc(-c3cccc(-c4cccc(CC=C)c4O)n3)n2)c1O. The Morgan fingerprint density at radius 2 is 0.938 bits per heavy atom. The maximum atomic E-state index is 10.7. The monoisotopic (exact) mass is 420 g/mol. The minimum Gasteiger partial charge on any atom is -0.507 e. The van der Waals surface area contributed by atoms with Crippen molar-refractivity contribution in [3.63, 3.8) is 0 Å². The molecular weight excluding hydrogens is 396 g/mol. The molecule has 2 heterocycles. The molecule has 0 bridgehead atoms. The van der Waals surface area contributed by atoms with E-state index < -0.39 is 0 Å². The third-order valence-corrected chi connectivity index (χ3v) is 5.28. The zero-order valence-corrected chi connectivity index (χ0v) is 17.7. The molecule has 0 radical (unpaired) electrons. The van der Waals surface area contributed by atoms with E-state index in [2.05, 4.69) is 13.2 Å². The zero-order chi connectivity index (χ0) is 22.5. The van der Waals surface area contributed by atoms with Crippen molar-refractivity contribution in [3.8, 4) is 45.4 Å². The van der Waals surface area contributed by atoms with Crippen LogP contribution in [0.5, 0.6) is 11.5 Å². The molecule has 0 aliphatic carbocycles. The summed E-state index contributed by atoms with van der Waals surface area (Å²) in [4.78, 5) is 9.51. The number of allylic oxidation sites excluding steroid dienone is 2. The third kappa shape index (κ3) is 4.16. The van der Waals surface area contributed by atoms with Gasteiger partial charge in [-0.25, -0.2) is 9.97 Å². The number of nitrogens with zero attached hydrogens (tertiary/aromatic N) is 2. The Kier molecular flexibility index (Phi) is 6.13. The van der Waals surface area contributed by atoms with Gasteiger partial charge in [-0.2, -0.15) is 0 Å². The number of pyridine rings is 2. The fourth-order valence-corrected chi connectivity index (χ4v) is 3.69.